The first-order valence-electron chi connectivity index (χ1n) is 7.72. The van der Waals surface area contributed by atoms with E-state index in [1.54, 1.807) is 24.3 Å². The zero-order chi connectivity index (χ0) is 16.4. The van der Waals surface area contributed by atoms with Gasteiger partial charge in [0.05, 0.1) is 12.0 Å². The maximum atomic E-state index is 12.2. The molecule has 1 aromatic rings. The Morgan fingerprint density at radius 3 is 3.04 bits per heavy atom. The van der Waals surface area contributed by atoms with E-state index < -0.39 is 0 Å². The monoisotopic (exact) mass is 332 g/mol. The van der Waals surface area contributed by atoms with Gasteiger partial charge in [0.2, 0.25) is 0 Å². The van der Waals surface area contributed by atoms with Gasteiger partial charge in [-0.1, -0.05) is 19.1 Å². The zero-order valence-corrected chi connectivity index (χ0v) is 14.1. The number of amidine groups is 1. The minimum absolute atomic E-state index is 0.0379. The Balaban J connectivity index is 1.80. The number of piperidine rings is 1. The number of ether oxygens (including phenoxy) is 1. The number of nitrogens with zero attached hydrogens (tertiary/aromatic N) is 2. The smallest absolute Gasteiger partial charge is 0.286 e. The number of hydrogen-bond acceptors (Lipinski definition) is 5. The summed E-state index contributed by atoms with van der Waals surface area (Å²) < 4.78 is 5.10. The Morgan fingerprint density at radius 1 is 1.48 bits per heavy atom. The van der Waals surface area contributed by atoms with Crippen molar-refractivity contribution in [3.05, 3.63) is 28.7 Å². The number of amides is 1. The highest BCUT2D eigenvalue weighted by molar-refractivity contribution is 8.18. The molecular formula is C17H20N2O3S. The van der Waals surface area contributed by atoms with Gasteiger partial charge < -0.3 is 14.7 Å². The second-order valence-corrected chi connectivity index (χ2v) is 6.91. The van der Waals surface area contributed by atoms with Gasteiger partial charge in [0.15, 0.2) is 16.7 Å². The lowest BCUT2D eigenvalue weighted by Crippen LogP contribution is -2.37. The molecule has 2 aliphatic heterocycles. The highest BCUT2D eigenvalue weighted by atomic mass is 32.2. The van der Waals surface area contributed by atoms with Crippen LogP contribution in [0.2, 0.25) is 0 Å². The summed E-state index contributed by atoms with van der Waals surface area (Å²) in [4.78, 5) is 19.1. The number of hydrogen-bond donors (Lipinski definition) is 1. The average Bonchev–Trinajstić information content (AvgIpc) is 2.90. The number of benzene rings is 1. The van der Waals surface area contributed by atoms with Crippen LogP contribution in [-0.4, -0.2) is 41.3 Å². The molecule has 1 unspecified atom stereocenters. The molecule has 0 saturated carbocycles. The lowest BCUT2D eigenvalue weighted by molar-refractivity contribution is -0.113. The van der Waals surface area contributed by atoms with E-state index >= 15 is 0 Å². The predicted molar refractivity (Wildman–Crippen MR) is 92.6 cm³/mol. The van der Waals surface area contributed by atoms with E-state index in [-0.39, 0.29) is 11.7 Å². The molecule has 2 aliphatic rings. The topological polar surface area (TPSA) is 62.1 Å². The minimum atomic E-state index is -0.245. The number of phenolic OH excluding ortho intramolecular Hbond substituents is 1. The number of thioether (sulfide) groups is 1. The number of phenols is 1. The van der Waals surface area contributed by atoms with Crippen LogP contribution in [0.25, 0.3) is 6.08 Å². The number of aliphatic imine (C=N–C) groups is 1. The SMILES string of the molecule is COc1cccc(/C=C2\SC(N3CCCC(C)C3)=NC2=O)c1O. The summed E-state index contributed by atoms with van der Waals surface area (Å²) in [5.74, 6) is 0.805. The molecule has 6 heteroatoms. The first-order chi connectivity index (χ1) is 11.1. The number of carbonyl (C=O) groups excluding carboxylic acids is 1. The number of para-hydroxylation sites is 1. The fourth-order valence-electron chi connectivity index (χ4n) is 2.86. The fraction of sp³-hybridized carbons (Fsp3) is 0.412. The van der Waals surface area contributed by atoms with Crippen molar-refractivity contribution in [2.45, 2.75) is 19.8 Å². The van der Waals surface area contributed by atoms with E-state index in [0.717, 1.165) is 24.7 Å². The fourth-order valence-corrected chi connectivity index (χ4v) is 3.80. The van der Waals surface area contributed by atoms with Gasteiger partial charge >= 0.3 is 0 Å². The molecule has 0 aliphatic carbocycles. The molecule has 23 heavy (non-hydrogen) atoms. The zero-order valence-electron chi connectivity index (χ0n) is 13.3. The normalized spacial score (nSPS) is 23.3. The molecule has 0 aromatic heterocycles. The molecule has 0 bridgehead atoms. The maximum absolute atomic E-state index is 12.2. The molecule has 0 spiro atoms. The van der Waals surface area contributed by atoms with Gasteiger partial charge in [-0.25, -0.2) is 0 Å². The molecule has 1 N–H and O–H groups in total. The highest BCUT2D eigenvalue weighted by Crippen LogP contribution is 2.36. The van der Waals surface area contributed by atoms with Crippen molar-refractivity contribution in [3.8, 4) is 11.5 Å². The first-order valence-corrected chi connectivity index (χ1v) is 8.53. The van der Waals surface area contributed by atoms with Crippen molar-refractivity contribution in [1.29, 1.82) is 0 Å². The summed E-state index contributed by atoms with van der Waals surface area (Å²) in [6.45, 7) is 4.11. The molecule has 5 nitrogen and oxygen atoms in total. The molecule has 1 aromatic carbocycles. The van der Waals surface area contributed by atoms with Crippen LogP contribution in [0.4, 0.5) is 0 Å². The Hall–Kier alpha value is -1.95. The third kappa shape index (κ3) is 3.37. The van der Waals surface area contributed by atoms with E-state index in [2.05, 4.69) is 16.8 Å². The molecule has 1 atom stereocenters. The summed E-state index contributed by atoms with van der Waals surface area (Å²) in [6.07, 6.45) is 4.03. The van der Waals surface area contributed by atoms with Crippen molar-refractivity contribution in [2.24, 2.45) is 10.9 Å². The van der Waals surface area contributed by atoms with E-state index in [4.69, 9.17) is 4.74 Å². The Bertz CT molecular complexity index is 684. The van der Waals surface area contributed by atoms with Gasteiger partial charge in [-0.05, 0) is 42.7 Å². The Morgan fingerprint density at radius 2 is 2.30 bits per heavy atom. The van der Waals surface area contributed by atoms with Gasteiger partial charge in [0.1, 0.15) is 0 Å². The van der Waals surface area contributed by atoms with Crippen LogP contribution >= 0.6 is 11.8 Å². The number of likely N-dealkylation sites (tertiary alicyclic amines) is 1. The minimum Gasteiger partial charge on any atom is -0.504 e. The molecular weight excluding hydrogens is 312 g/mol. The highest BCUT2D eigenvalue weighted by Gasteiger charge is 2.28. The van der Waals surface area contributed by atoms with Crippen LogP contribution in [0.15, 0.2) is 28.1 Å². The van der Waals surface area contributed by atoms with E-state index in [0.29, 0.717) is 22.1 Å². The summed E-state index contributed by atoms with van der Waals surface area (Å²) in [6, 6.07) is 5.21. The largest absolute Gasteiger partial charge is 0.504 e. The van der Waals surface area contributed by atoms with E-state index in [1.165, 1.54) is 25.3 Å². The van der Waals surface area contributed by atoms with Gasteiger partial charge in [0, 0.05) is 18.7 Å². The first kappa shape index (κ1) is 15.9. The van der Waals surface area contributed by atoms with E-state index in [9.17, 15) is 9.90 Å². The predicted octanol–water partition coefficient (Wildman–Crippen LogP) is 3.10. The number of aromatic hydroxyl groups is 1. The maximum Gasteiger partial charge on any atom is 0.286 e. The summed E-state index contributed by atoms with van der Waals surface area (Å²) >= 11 is 1.38. The van der Waals surface area contributed by atoms with Crippen LogP contribution in [0.5, 0.6) is 11.5 Å². The Kier molecular flexibility index (Phi) is 4.61. The van der Waals surface area contributed by atoms with Crippen molar-refractivity contribution in [3.63, 3.8) is 0 Å². The van der Waals surface area contributed by atoms with Gasteiger partial charge in [0.25, 0.3) is 5.91 Å². The third-order valence-electron chi connectivity index (χ3n) is 4.07. The number of carbonyl (C=O) groups is 1. The second-order valence-electron chi connectivity index (χ2n) is 5.90. The van der Waals surface area contributed by atoms with Crippen LogP contribution in [0, 0.1) is 5.92 Å². The average molecular weight is 332 g/mol. The number of methoxy groups -OCH3 is 1. The van der Waals surface area contributed by atoms with Crippen LogP contribution < -0.4 is 4.74 Å². The van der Waals surface area contributed by atoms with Gasteiger partial charge in [-0.2, -0.15) is 4.99 Å². The summed E-state index contributed by atoms with van der Waals surface area (Å²) in [5.41, 5.74) is 0.559. The molecule has 1 fully saturated rings. The summed E-state index contributed by atoms with van der Waals surface area (Å²) in [7, 11) is 1.50. The van der Waals surface area contributed by atoms with Crippen molar-refractivity contribution < 1.29 is 14.6 Å². The van der Waals surface area contributed by atoms with Crippen LogP contribution in [0.1, 0.15) is 25.3 Å². The van der Waals surface area contributed by atoms with Crippen molar-refractivity contribution in [1.82, 2.24) is 4.90 Å². The lowest BCUT2D eigenvalue weighted by Gasteiger charge is -2.31. The van der Waals surface area contributed by atoms with Gasteiger partial charge in [-0.3, -0.25) is 4.79 Å². The molecule has 3 rings (SSSR count). The van der Waals surface area contributed by atoms with Gasteiger partial charge in [-0.15, -0.1) is 0 Å². The molecule has 0 radical (unpaired) electrons. The molecule has 1 amide bonds. The van der Waals surface area contributed by atoms with Crippen molar-refractivity contribution >= 4 is 28.9 Å². The van der Waals surface area contributed by atoms with Crippen molar-refractivity contribution in [2.75, 3.05) is 20.2 Å². The lowest BCUT2D eigenvalue weighted by atomic mass is 10.0. The summed E-state index contributed by atoms with van der Waals surface area (Å²) in [5, 5.41) is 10.9. The quantitative estimate of drug-likeness (QED) is 0.843. The van der Waals surface area contributed by atoms with Crippen LogP contribution in [0.3, 0.4) is 0 Å². The molecule has 2 heterocycles. The standard InChI is InChI=1S/C17H20N2O3S/c1-11-5-4-8-19(10-11)17-18-16(21)14(23-17)9-12-6-3-7-13(22-2)15(12)20/h3,6-7,9,11,20H,4-5,8,10H2,1-2H3/b14-9-. The molecule has 122 valence electrons. The molecule has 1 saturated heterocycles. The Labute approximate surface area is 140 Å². The van der Waals surface area contributed by atoms with E-state index in [1.807, 2.05) is 0 Å². The van der Waals surface area contributed by atoms with Crippen LogP contribution in [-0.2, 0) is 4.79 Å². The number of rotatable bonds is 2. The second kappa shape index (κ2) is 6.66. The third-order valence-corrected chi connectivity index (χ3v) is 5.12.